The lowest BCUT2D eigenvalue weighted by molar-refractivity contribution is 0.103. The van der Waals surface area contributed by atoms with Crippen LogP contribution in [-0.2, 0) is 0 Å². The molecule has 0 atom stereocenters. The molecule has 0 radical (unpaired) electrons. The molecule has 0 heterocycles. The van der Waals surface area contributed by atoms with E-state index < -0.39 is 17.4 Å². The summed E-state index contributed by atoms with van der Waals surface area (Å²) in [6.07, 6.45) is 0. The topological polar surface area (TPSA) is 76.0 Å². The van der Waals surface area contributed by atoms with E-state index in [0.29, 0.717) is 11.5 Å². The van der Waals surface area contributed by atoms with Crippen molar-refractivity contribution in [3.05, 3.63) is 108 Å². The van der Waals surface area contributed by atoms with Crippen LogP contribution in [0, 0.1) is 11.6 Å². The molecule has 0 spiro atoms. The van der Waals surface area contributed by atoms with E-state index in [9.17, 15) is 23.8 Å². The zero-order chi connectivity index (χ0) is 22.7. The smallest absolute Gasteiger partial charge is 0.200 e. The maximum absolute atomic E-state index is 13.1. The van der Waals surface area contributed by atoms with Crippen LogP contribution in [0.3, 0.4) is 0 Å². The number of hydrogen-bond donors (Lipinski definition) is 2. The zero-order valence-electron chi connectivity index (χ0n) is 16.5. The zero-order valence-corrected chi connectivity index (χ0v) is 16.5. The van der Waals surface area contributed by atoms with Gasteiger partial charge in [-0.1, -0.05) is 0 Å². The Kier molecular flexibility index (Phi) is 5.72. The lowest BCUT2D eigenvalue weighted by atomic mass is 10.0. The van der Waals surface area contributed by atoms with E-state index in [2.05, 4.69) is 0 Å². The molecule has 4 aromatic carbocycles. The fraction of sp³-hybridized carbons (Fsp3) is 0. The van der Waals surface area contributed by atoms with Crippen LogP contribution in [-0.4, -0.2) is 16.0 Å². The van der Waals surface area contributed by atoms with Crippen molar-refractivity contribution in [2.24, 2.45) is 0 Å². The molecule has 7 heteroatoms. The summed E-state index contributed by atoms with van der Waals surface area (Å²) in [6.45, 7) is 0. The highest BCUT2D eigenvalue weighted by atomic mass is 19.1. The molecule has 0 aromatic heterocycles. The van der Waals surface area contributed by atoms with Crippen molar-refractivity contribution in [1.29, 1.82) is 0 Å². The van der Waals surface area contributed by atoms with Crippen LogP contribution < -0.4 is 9.47 Å². The number of carbonyl (C=O) groups excluding carboxylic acids is 1. The number of carbonyl (C=O) groups is 1. The minimum Gasteiger partial charge on any atom is -0.507 e. The van der Waals surface area contributed by atoms with Crippen LogP contribution in [0.4, 0.5) is 8.78 Å². The molecule has 0 fully saturated rings. The second-order valence-electron chi connectivity index (χ2n) is 6.80. The van der Waals surface area contributed by atoms with Gasteiger partial charge in [-0.05, 0) is 84.9 Å². The van der Waals surface area contributed by atoms with Gasteiger partial charge >= 0.3 is 0 Å². The van der Waals surface area contributed by atoms with Crippen molar-refractivity contribution >= 4 is 5.78 Å². The summed E-state index contributed by atoms with van der Waals surface area (Å²) >= 11 is 0. The molecule has 4 rings (SSSR count). The van der Waals surface area contributed by atoms with Gasteiger partial charge in [0.2, 0.25) is 5.78 Å². The van der Waals surface area contributed by atoms with Crippen molar-refractivity contribution in [2.75, 3.05) is 0 Å². The van der Waals surface area contributed by atoms with Crippen LogP contribution in [0.1, 0.15) is 15.9 Å². The first-order valence-corrected chi connectivity index (χ1v) is 9.46. The van der Waals surface area contributed by atoms with E-state index in [1.165, 1.54) is 84.9 Å². The number of ether oxygens (including phenoxy) is 2. The van der Waals surface area contributed by atoms with E-state index in [4.69, 9.17) is 9.47 Å². The maximum atomic E-state index is 13.1. The van der Waals surface area contributed by atoms with Crippen molar-refractivity contribution < 1.29 is 33.3 Å². The molecule has 0 unspecified atom stereocenters. The Bertz CT molecular complexity index is 1170. The molecule has 0 aliphatic heterocycles. The highest BCUT2D eigenvalue weighted by Gasteiger charge is 2.19. The second kappa shape index (κ2) is 8.77. The Balaban J connectivity index is 1.61. The van der Waals surface area contributed by atoms with Crippen LogP contribution in [0.2, 0.25) is 0 Å². The average Bonchev–Trinajstić information content (AvgIpc) is 2.79. The number of aromatic hydroxyl groups is 2. The van der Waals surface area contributed by atoms with E-state index in [0.717, 1.165) is 0 Å². The van der Waals surface area contributed by atoms with Gasteiger partial charge in [0, 0.05) is 0 Å². The number of phenols is 2. The predicted octanol–water partition coefficient (Wildman–Crippen LogP) is 6.19. The van der Waals surface area contributed by atoms with Gasteiger partial charge in [0.05, 0.1) is 11.1 Å². The van der Waals surface area contributed by atoms with Crippen LogP contribution in [0.25, 0.3) is 0 Å². The van der Waals surface area contributed by atoms with Crippen LogP contribution in [0.15, 0.2) is 84.9 Å². The highest BCUT2D eigenvalue weighted by Crippen LogP contribution is 2.33. The van der Waals surface area contributed by atoms with E-state index in [1.54, 1.807) is 0 Å². The molecule has 0 bridgehead atoms. The fourth-order valence-electron chi connectivity index (χ4n) is 2.94. The Labute approximate surface area is 181 Å². The quantitative estimate of drug-likeness (QED) is 0.354. The largest absolute Gasteiger partial charge is 0.507 e. The first-order valence-electron chi connectivity index (χ1n) is 9.46. The van der Waals surface area contributed by atoms with E-state index in [1.807, 2.05) is 0 Å². The van der Waals surface area contributed by atoms with Gasteiger partial charge in [0.25, 0.3) is 0 Å². The summed E-state index contributed by atoms with van der Waals surface area (Å²) in [4.78, 5) is 13.1. The predicted molar refractivity (Wildman–Crippen MR) is 113 cm³/mol. The first-order chi connectivity index (χ1) is 15.4. The molecule has 0 aliphatic carbocycles. The summed E-state index contributed by atoms with van der Waals surface area (Å²) in [6, 6.07) is 18.7. The summed E-state index contributed by atoms with van der Waals surface area (Å²) in [5.41, 5.74) is -0.224. The number of ketones is 1. The number of phenolic OH excluding ortho intramolecular Hbond substituents is 2. The molecule has 160 valence electrons. The number of halogens is 2. The summed E-state index contributed by atoms with van der Waals surface area (Å²) in [7, 11) is 0. The van der Waals surface area contributed by atoms with E-state index >= 15 is 0 Å². The van der Waals surface area contributed by atoms with Crippen LogP contribution in [0.5, 0.6) is 34.5 Å². The minimum absolute atomic E-state index is 0.112. The van der Waals surface area contributed by atoms with Gasteiger partial charge in [-0.3, -0.25) is 4.79 Å². The van der Waals surface area contributed by atoms with Gasteiger partial charge < -0.3 is 19.7 Å². The van der Waals surface area contributed by atoms with Crippen molar-refractivity contribution in [3.8, 4) is 34.5 Å². The lowest BCUT2D eigenvalue weighted by Gasteiger charge is -2.11. The number of benzene rings is 4. The lowest BCUT2D eigenvalue weighted by Crippen LogP contribution is -2.03. The van der Waals surface area contributed by atoms with Gasteiger partial charge in [-0.25, -0.2) is 8.78 Å². The van der Waals surface area contributed by atoms with E-state index in [-0.39, 0.29) is 34.1 Å². The molecule has 0 amide bonds. The third-order valence-corrected chi connectivity index (χ3v) is 4.52. The third kappa shape index (κ3) is 4.67. The Morgan fingerprint density at radius 2 is 0.906 bits per heavy atom. The number of hydrogen-bond acceptors (Lipinski definition) is 5. The maximum Gasteiger partial charge on any atom is 0.200 e. The van der Waals surface area contributed by atoms with Gasteiger partial charge in [0.15, 0.2) is 0 Å². The van der Waals surface area contributed by atoms with Crippen molar-refractivity contribution in [2.45, 2.75) is 0 Å². The summed E-state index contributed by atoms with van der Waals surface area (Å²) in [5.74, 6) is -0.993. The molecule has 2 N–H and O–H groups in total. The standard InChI is InChI=1S/C25H16F2O5/c26-15-1-5-17(6-2-15)31-19-9-11-23(28)21(13-19)25(30)22-14-20(10-12-24(22)29)32-18-7-3-16(27)4-8-18/h1-14,28-29H. The van der Waals surface area contributed by atoms with Gasteiger partial charge in [-0.2, -0.15) is 0 Å². The first kappa shape index (κ1) is 20.9. The average molecular weight is 434 g/mol. The Morgan fingerprint density at radius 3 is 1.28 bits per heavy atom. The molecule has 0 saturated heterocycles. The number of rotatable bonds is 6. The third-order valence-electron chi connectivity index (χ3n) is 4.52. The summed E-state index contributed by atoms with van der Waals surface area (Å²) in [5, 5.41) is 20.4. The van der Waals surface area contributed by atoms with Crippen molar-refractivity contribution in [3.63, 3.8) is 0 Å². The molecule has 32 heavy (non-hydrogen) atoms. The molecule has 0 saturated carbocycles. The molecular weight excluding hydrogens is 418 g/mol. The molecule has 4 aromatic rings. The minimum atomic E-state index is -0.672. The normalized spacial score (nSPS) is 10.6. The molecular formula is C25H16F2O5. The molecule has 0 aliphatic rings. The Morgan fingerprint density at radius 1 is 0.562 bits per heavy atom. The SMILES string of the molecule is O=C(c1cc(Oc2ccc(F)cc2)ccc1O)c1cc(Oc2ccc(F)cc2)ccc1O. The second-order valence-corrected chi connectivity index (χ2v) is 6.80. The fourth-order valence-corrected chi connectivity index (χ4v) is 2.94. The van der Waals surface area contributed by atoms with Crippen LogP contribution >= 0.6 is 0 Å². The molecule has 5 nitrogen and oxygen atoms in total. The van der Waals surface area contributed by atoms with Gasteiger partial charge in [-0.15, -0.1) is 0 Å². The van der Waals surface area contributed by atoms with Gasteiger partial charge in [0.1, 0.15) is 46.1 Å². The Hall–Kier alpha value is -4.39. The monoisotopic (exact) mass is 434 g/mol. The highest BCUT2D eigenvalue weighted by molar-refractivity contribution is 6.12. The van der Waals surface area contributed by atoms with Crippen molar-refractivity contribution in [1.82, 2.24) is 0 Å². The summed E-state index contributed by atoms with van der Waals surface area (Å²) < 4.78 is 37.4.